The zero-order valence-electron chi connectivity index (χ0n) is 13.8. The fraction of sp³-hybridized carbons (Fsp3) is 0.333. The first-order chi connectivity index (χ1) is 10.5. The first-order valence-corrected chi connectivity index (χ1v) is 7.45. The quantitative estimate of drug-likeness (QED) is 0.862. The average molecular weight is 301 g/mol. The minimum absolute atomic E-state index is 0.0328. The van der Waals surface area contributed by atoms with E-state index in [0.29, 0.717) is 5.56 Å². The second kappa shape index (κ2) is 8.17. The van der Waals surface area contributed by atoms with Gasteiger partial charge >= 0.3 is 5.97 Å². The van der Waals surface area contributed by atoms with E-state index in [1.54, 1.807) is 12.1 Å². The highest BCUT2D eigenvalue weighted by molar-refractivity contribution is 6.04. The third-order valence-electron chi connectivity index (χ3n) is 3.08. The van der Waals surface area contributed by atoms with Gasteiger partial charge < -0.3 is 10.1 Å². The molecule has 2 aromatic rings. The summed E-state index contributed by atoms with van der Waals surface area (Å²) in [5.74, 6) is -0.488. The number of hydrogen-bond acceptors (Lipinski definition) is 3. The number of rotatable bonds is 3. The molecule has 0 aliphatic carbocycles. The minimum atomic E-state index is -0.372. The van der Waals surface area contributed by atoms with Crippen LogP contribution in [0.2, 0.25) is 0 Å². The van der Waals surface area contributed by atoms with Crippen molar-refractivity contribution < 1.29 is 14.3 Å². The van der Waals surface area contributed by atoms with Gasteiger partial charge in [-0.2, -0.15) is 0 Å². The van der Waals surface area contributed by atoms with E-state index >= 15 is 0 Å². The molecule has 22 heavy (non-hydrogen) atoms. The van der Waals surface area contributed by atoms with Crippen LogP contribution in [0.15, 0.2) is 36.4 Å². The largest absolute Gasteiger partial charge is 0.465 e. The molecule has 0 radical (unpaired) electrons. The number of benzene rings is 2. The second-order valence-corrected chi connectivity index (χ2v) is 4.88. The van der Waals surface area contributed by atoms with E-state index < -0.39 is 0 Å². The molecule has 0 bridgehead atoms. The summed E-state index contributed by atoms with van der Waals surface area (Å²) in [6.45, 7) is 7.69. The van der Waals surface area contributed by atoms with Gasteiger partial charge in [-0.3, -0.25) is 4.79 Å². The van der Waals surface area contributed by atoms with E-state index in [9.17, 15) is 9.59 Å². The normalized spacial score (nSPS) is 9.91. The molecule has 2 rings (SSSR count). The maximum Gasteiger partial charge on any atom is 0.337 e. The van der Waals surface area contributed by atoms with Crippen LogP contribution in [0.4, 0.5) is 5.69 Å². The molecule has 4 heteroatoms. The Labute approximate surface area is 131 Å². The molecule has 0 aliphatic heterocycles. The lowest BCUT2D eigenvalue weighted by Gasteiger charge is -2.11. The maximum absolute atomic E-state index is 11.8. The van der Waals surface area contributed by atoms with Crippen LogP contribution in [-0.2, 0) is 9.53 Å². The van der Waals surface area contributed by atoms with Gasteiger partial charge in [0.25, 0.3) is 0 Å². The standard InChI is InChI=1S/C16H17NO3.C2H6/c1-10(2)15(18)17-14-6-4-5-11-9-12(16(19)20-3)7-8-13(11)14;1-2/h4-10H,1-3H3,(H,17,18);1-2H3. The van der Waals surface area contributed by atoms with Crippen molar-refractivity contribution in [3.05, 3.63) is 42.0 Å². The zero-order chi connectivity index (χ0) is 16.7. The first-order valence-electron chi connectivity index (χ1n) is 7.45. The van der Waals surface area contributed by atoms with Crippen molar-refractivity contribution in [2.75, 3.05) is 12.4 Å². The minimum Gasteiger partial charge on any atom is -0.465 e. The summed E-state index contributed by atoms with van der Waals surface area (Å²) in [7, 11) is 1.35. The Hall–Kier alpha value is -2.36. The molecule has 0 aromatic heterocycles. The molecule has 0 saturated carbocycles. The van der Waals surface area contributed by atoms with Gasteiger partial charge in [-0.1, -0.05) is 45.9 Å². The zero-order valence-corrected chi connectivity index (χ0v) is 13.8. The summed E-state index contributed by atoms with van der Waals surface area (Å²) in [4.78, 5) is 23.3. The van der Waals surface area contributed by atoms with Crippen LogP contribution < -0.4 is 5.32 Å². The molecule has 1 amide bonds. The van der Waals surface area contributed by atoms with Crippen LogP contribution in [0.3, 0.4) is 0 Å². The molecule has 1 N–H and O–H groups in total. The maximum atomic E-state index is 11.8. The van der Waals surface area contributed by atoms with Crippen molar-refractivity contribution in [3.8, 4) is 0 Å². The number of hydrogen-bond donors (Lipinski definition) is 1. The van der Waals surface area contributed by atoms with Crippen molar-refractivity contribution in [2.24, 2.45) is 5.92 Å². The number of anilines is 1. The molecule has 0 unspecified atom stereocenters. The van der Waals surface area contributed by atoms with Crippen LogP contribution in [-0.4, -0.2) is 19.0 Å². The van der Waals surface area contributed by atoms with Gasteiger partial charge in [0.1, 0.15) is 0 Å². The highest BCUT2D eigenvalue weighted by Gasteiger charge is 2.11. The van der Waals surface area contributed by atoms with Crippen molar-refractivity contribution in [2.45, 2.75) is 27.7 Å². The predicted molar refractivity (Wildman–Crippen MR) is 90.1 cm³/mol. The van der Waals surface area contributed by atoms with Gasteiger partial charge in [-0.05, 0) is 23.6 Å². The number of esters is 1. The molecule has 2 aromatic carbocycles. The number of fused-ring (bicyclic) bond motifs is 1. The summed E-state index contributed by atoms with van der Waals surface area (Å²) < 4.78 is 4.70. The number of methoxy groups -OCH3 is 1. The number of carbonyl (C=O) groups excluding carboxylic acids is 2. The highest BCUT2D eigenvalue weighted by Crippen LogP contribution is 2.25. The van der Waals surface area contributed by atoms with E-state index in [1.807, 2.05) is 52.0 Å². The van der Waals surface area contributed by atoms with Gasteiger partial charge in [0.05, 0.1) is 12.7 Å². The number of nitrogens with one attached hydrogen (secondary N) is 1. The third kappa shape index (κ3) is 4.07. The van der Waals surface area contributed by atoms with E-state index in [-0.39, 0.29) is 17.8 Å². The molecular formula is C18H23NO3. The molecular weight excluding hydrogens is 278 g/mol. The van der Waals surface area contributed by atoms with Crippen molar-refractivity contribution in [3.63, 3.8) is 0 Å². The Morgan fingerprint density at radius 3 is 2.36 bits per heavy atom. The van der Waals surface area contributed by atoms with Crippen molar-refractivity contribution in [1.82, 2.24) is 0 Å². The number of amides is 1. The number of ether oxygens (including phenoxy) is 1. The van der Waals surface area contributed by atoms with Gasteiger partial charge in [0, 0.05) is 17.0 Å². The molecule has 0 fully saturated rings. The Morgan fingerprint density at radius 2 is 1.77 bits per heavy atom. The van der Waals surface area contributed by atoms with Crippen LogP contribution in [0, 0.1) is 5.92 Å². The third-order valence-corrected chi connectivity index (χ3v) is 3.08. The Morgan fingerprint density at radius 1 is 1.09 bits per heavy atom. The Bertz CT molecular complexity index is 662. The molecule has 0 saturated heterocycles. The molecule has 4 nitrogen and oxygen atoms in total. The number of carbonyl (C=O) groups is 2. The monoisotopic (exact) mass is 301 g/mol. The lowest BCUT2D eigenvalue weighted by molar-refractivity contribution is -0.118. The van der Waals surface area contributed by atoms with Gasteiger partial charge in [-0.25, -0.2) is 4.79 Å². The summed E-state index contributed by atoms with van der Waals surface area (Å²) in [5, 5.41) is 4.67. The van der Waals surface area contributed by atoms with Crippen LogP contribution in [0.1, 0.15) is 38.1 Å². The van der Waals surface area contributed by atoms with Crippen LogP contribution in [0.25, 0.3) is 10.8 Å². The molecule has 0 aliphatic rings. The lowest BCUT2D eigenvalue weighted by Crippen LogP contribution is -2.17. The highest BCUT2D eigenvalue weighted by atomic mass is 16.5. The van der Waals surface area contributed by atoms with Gasteiger partial charge in [0.15, 0.2) is 0 Å². The van der Waals surface area contributed by atoms with Crippen LogP contribution >= 0.6 is 0 Å². The van der Waals surface area contributed by atoms with Gasteiger partial charge in [0.2, 0.25) is 5.91 Å². The topological polar surface area (TPSA) is 55.4 Å². The van der Waals surface area contributed by atoms with Crippen molar-refractivity contribution in [1.29, 1.82) is 0 Å². The summed E-state index contributed by atoms with van der Waals surface area (Å²) in [5.41, 5.74) is 1.24. The Kier molecular flexibility index (Phi) is 6.57. The second-order valence-electron chi connectivity index (χ2n) is 4.88. The summed E-state index contributed by atoms with van der Waals surface area (Å²) >= 11 is 0. The SMILES string of the molecule is CC.COC(=O)c1ccc2c(NC(=O)C(C)C)cccc2c1. The van der Waals surface area contributed by atoms with E-state index in [4.69, 9.17) is 4.74 Å². The van der Waals surface area contributed by atoms with E-state index in [2.05, 4.69) is 5.32 Å². The molecule has 0 atom stereocenters. The average Bonchev–Trinajstić information content (AvgIpc) is 2.55. The molecule has 0 heterocycles. The van der Waals surface area contributed by atoms with Crippen LogP contribution in [0.5, 0.6) is 0 Å². The Balaban J connectivity index is 0.00000116. The van der Waals surface area contributed by atoms with E-state index in [0.717, 1.165) is 16.5 Å². The summed E-state index contributed by atoms with van der Waals surface area (Å²) in [6, 6.07) is 10.9. The first kappa shape index (κ1) is 17.7. The summed E-state index contributed by atoms with van der Waals surface area (Å²) in [6.07, 6.45) is 0. The fourth-order valence-corrected chi connectivity index (χ4v) is 1.91. The van der Waals surface area contributed by atoms with Crippen molar-refractivity contribution >= 4 is 28.3 Å². The fourth-order valence-electron chi connectivity index (χ4n) is 1.91. The predicted octanol–water partition coefficient (Wildman–Crippen LogP) is 4.25. The molecule has 0 spiro atoms. The smallest absolute Gasteiger partial charge is 0.337 e. The lowest BCUT2D eigenvalue weighted by atomic mass is 10.0. The van der Waals surface area contributed by atoms with Gasteiger partial charge in [-0.15, -0.1) is 0 Å². The van der Waals surface area contributed by atoms with E-state index in [1.165, 1.54) is 7.11 Å². The molecule has 118 valence electrons.